The van der Waals surface area contributed by atoms with Crippen LogP contribution in [-0.2, 0) is 4.79 Å². The van der Waals surface area contributed by atoms with Gasteiger partial charge < -0.3 is 10.6 Å². The highest BCUT2D eigenvalue weighted by molar-refractivity contribution is 8.00. The summed E-state index contributed by atoms with van der Waals surface area (Å²) in [5.41, 5.74) is 6.29. The fraction of sp³-hybridized carbons (Fsp3) is 0.333. The lowest BCUT2D eigenvalue weighted by atomic mass is 10.4. The first kappa shape index (κ1) is 10.8. The zero-order valence-corrected chi connectivity index (χ0v) is 9.04. The topological polar surface area (TPSA) is 59.2 Å². The van der Waals surface area contributed by atoms with Crippen molar-refractivity contribution in [1.82, 2.24) is 9.88 Å². The van der Waals surface area contributed by atoms with Crippen LogP contribution in [0.2, 0.25) is 0 Å². The number of nitrogens with two attached hydrogens (primary N) is 1. The van der Waals surface area contributed by atoms with Crippen molar-refractivity contribution in [3.05, 3.63) is 18.5 Å². The van der Waals surface area contributed by atoms with Crippen molar-refractivity contribution in [2.24, 2.45) is 0 Å². The Morgan fingerprint density at radius 2 is 2.36 bits per heavy atom. The summed E-state index contributed by atoms with van der Waals surface area (Å²) in [5, 5.41) is 0. The van der Waals surface area contributed by atoms with Gasteiger partial charge in [-0.2, -0.15) is 0 Å². The van der Waals surface area contributed by atoms with E-state index in [1.807, 2.05) is 6.07 Å². The molecule has 0 saturated heterocycles. The van der Waals surface area contributed by atoms with Crippen molar-refractivity contribution in [2.75, 3.05) is 25.6 Å². The van der Waals surface area contributed by atoms with Crippen LogP contribution in [0.1, 0.15) is 0 Å². The molecular formula is C9H13N3OS. The second-order valence-electron chi connectivity index (χ2n) is 2.99. The van der Waals surface area contributed by atoms with E-state index in [9.17, 15) is 4.79 Å². The van der Waals surface area contributed by atoms with Gasteiger partial charge >= 0.3 is 0 Å². The number of thioether (sulfide) groups is 1. The molecule has 1 heterocycles. The van der Waals surface area contributed by atoms with Gasteiger partial charge in [0, 0.05) is 25.2 Å². The first-order valence-corrected chi connectivity index (χ1v) is 5.12. The molecule has 0 fully saturated rings. The summed E-state index contributed by atoms with van der Waals surface area (Å²) >= 11 is 1.43. The van der Waals surface area contributed by atoms with Crippen LogP contribution in [0.15, 0.2) is 23.4 Å². The summed E-state index contributed by atoms with van der Waals surface area (Å²) in [5.74, 6) is 0.479. The second kappa shape index (κ2) is 4.85. The molecule has 0 aliphatic carbocycles. The molecule has 1 amide bonds. The van der Waals surface area contributed by atoms with Gasteiger partial charge in [-0.1, -0.05) is 0 Å². The number of carbonyl (C=O) groups excluding carboxylic acids is 1. The first-order chi connectivity index (χ1) is 6.61. The number of carbonyl (C=O) groups is 1. The van der Waals surface area contributed by atoms with E-state index in [1.54, 1.807) is 31.4 Å². The van der Waals surface area contributed by atoms with Gasteiger partial charge in [-0.05, 0) is 6.07 Å². The Morgan fingerprint density at radius 1 is 1.64 bits per heavy atom. The predicted octanol–water partition coefficient (Wildman–Crippen LogP) is 0.844. The molecule has 0 aliphatic heterocycles. The van der Waals surface area contributed by atoms with Gasteiger partial charge in [0.15, 0.2) is 0 Å². The average molecular weight is 211 g/mol. The predicted molar refractivity (Wildman–Crippen MR) is 58.1 cm³/mol. The first-order valence-electron chi connectivity index (χ1n) is 4.13. The molecule has 1 aromatic rings. The lowest BCUT2D eigenvalue weighted by Crippen LogP contribution is -2.23. The maximum atomic E-state index is 11.3. The van der Waals surface area contributed by atoms with Gasteiger partial charge in [0.05, 0.1) is 17.6 Å². The molecule has 0 aromatic carbocycles. The normalized spacial score (nSPS) is 9.86. The van der Waals surface area contributed by atoms with Crippen LogP contribution in [0.4, 0.5) is 5.69 Å². The molecule has 1 aromatic heterocycles. The molecule has 0 unspecified atom stereocenters. The summed E-state index contributed by atoms with van der Waals surface area (Å²) in [6.45, 7) is 0. The minimum Gasteiger partial charge on any atom is -0.397 e. The molecule has 0 radical (unpaired) electrons. The number of nitrogens with zero attached hydrogens (tertiary/aromatic N) is 2. The largest absolute Gasteiger partial charge is 0.397 e. The number of rotatable bonds is 3. The fourth-order valence-electron chi connectivity index (χ4n) is 0.794. The second-order valence-corrected chi connectivity index (χ2v) is 4.01. The van der Waals surface area contributed by atoms with Crippen molar-refractivity contribution >= 4 is 23.4 Å². The summed E-state index contributed by atoms with van der Waals surface area (Å²) in [4.78, 5) is 17.6. The third kappa shape index (κ3) is 2.92. The van der Waals surface area contributed by atoms with Crippen molar-refractivity contribution in [3.63, 3.8) is 0 Å². The maximum absolute atomic E-state index is 11.3. The number of anilines is 1. The van der Waals surface area contributed by atoms with Crippen LogP contribution in [0.5, 0.6) is 0 Å². The molecule has 2 N–H and O–H groups in total. The Labute approximate surface area is 87.5 Å². The van der Waals surface area contributed by atoms with E-state index >= 15 is 0 Å². The molecule has 14 heavy (non-hydrogen) atoms. The Kier molecular flexibility index (Phi) is 3.76. The number of aromatic nitrogens is 1. The van der Waals surface area contributed by atoms with E-state index < -0.39 is 0 Å². The minimum atomic E-state index is 0.0752. The standard InChI is InChI=1S/C9H13N3OS/c1-12(2)9(13)6-14-8-3-4-11-5-7(8)10/h3-5H,6,10H2,1-2H3. The highest BCUT2D eigenvalue weighted by Crippen LogP contribution is 2.23. The molecule has 1 rings (SSSR count). The number of pyridine rings is 1. The number of hydrogen-bond acceptors (Lipinski definition) is 4. The molecule has 0 saturated carbocycles. The van der Waals surface area contributed by atoms with Crippen molar-refractivity contribution in [1.29, 1.82) is 0 Å². The van der Waals surface area contributed by atoms with Crippen LogP contribution in [0.3, 0.4) is 0 Å². The highest BCUT2D eigenvalue weighted by atomic mass is 32.2. The Morgan fingerprint density at radius 3 is 2.93 bits per heavy atom. The number of hydrogen-bond donors (Lipinski definition) is 1. The van der Waals surface area contributed by atoms with Crippen molar-refractivity contribution in [2.45, 2.75) is 4.90 Å². The van der Waals surface area contributed by atoms with Crippen molar-refractivity contribution in [3.8, 4) is 0 Å². The van der Waals surface area contributed by atoms with Crippen LogP contribution in [-0.4, -0.2) is 35.6 Å². The van der Waals surface area contributed by atoms with E-state index in [2.05, 4.69) is 4.98 Å². The molecule has 76 valence electrons. The SMILES string of the molecule is CN(C)C(=O)CSc1ccncc1N. The smallest absolute Gasteiger partial charge is 0.232 e. The summed E-state index contributed by atoms with van der Waals surface area (Å²) < 4.78 is 0. The molecule has 0 atom stereocenters. The fourth-order valence-corrected chi connectivity index (χ4v) is 1.71. The lowest BCUT2D eigenvalue weighted by molar-refractivity contribution is -0.125. The molecular weight excluding hydrogens is 198 g/mol. The van der Waals surface area contributed by atoms with E-state index in [0.29, 0.717) is 11.4 Å². The summed E-state index contributed by atoms with van der Waals surface area (Å²) in [6.07, 6.45) is 3.25. The van der Waals surface area contributed by atoms with Gasteiger partial charge in [0.1, 0.15) is 0 Å². The average Bonchev–Trinajstić information content (AvgIpc) is 2.16. The van der Waals surface area contributed by atoms with Gasteiger partial charge in [-0.15, -0.1) is 11.8 Å². The van der Waals surface area contributed by atoms with Crippen LogP contribution in [0.25, 0.3) is 0 Å². The van der Waals surface area contributed by atoms with Gasteiger partial charge in [-0.3, -0.25) is 9.78 Å². The Hall–Kier alpha value is -1.23. The number of nitrogen functional groups attached to an aromatic ring is 1. The van der Waals surface area contributed by atoms with E-state index in [1.165, 1.54) is 11.8 Å². The van der Waals surface area contributed by atoms with Crippen molar-refractivity contribution < 1.29 is 4.79 Å². The van der Waals surface area contributed by atoms with Gasteiger partial charge in [0.2, 0.25) is 5.91 Å². The summed E-state index contributed by atoms with van der Waals surface area (Å²) in [7, 11) is 3.47. The zero-order valence-electron chi connectivity index (χ0n) is 8.23. The molecule has 5 heteroatoms. The molecule has 0 bridgehead atoms. The minimum absolute atomic E-state index is 0.0752. The molecule has 0 spiro atoms. The summed E-state index contributed by atoms with van der Waals surface area (Å²) in [6, 6.07) is 1.81. The lowest BCUT2D eigenvalue weighted by Gasteiger charge is -2.10. The number of amides is 1. The monoisotopic (exact) mass is 211 g/mol. The molecule has 0 aliphatic rings. The third-order valence-electron chi connectivity index (χ3n) is 1.66. The van der Waals surface area contributed by atoms with Gasteiger partial charge in [0.25, 0.3) is 0 Å². The maximum Gasteiger partial charge on any atom is 0.232 e. The highest BCUT2D eigenvalue weighted by Gasteiger charge is 2.06. The van der Waals surface area contributed by atoms with E-state index in [0.717, 1.165) is 4.90 Å². The van der Waals surface area contributed by atoms with Crippen LogP contribution >= 0.6 is 11.8 Å². The Bertz CT molecular complexity index is 328. The van der Waals surface area contributed by atoms with E-state index in [-0.39, 0.29) is 5.91 Å². The molecule has 4 nitrogen and oxygen atoms in total. The zero-order chi connectivity index (χ0) is 10.6. The van der Waals surface area contributed by atoms with Crippen LogP contribution < -0.4 is 5.73 Å². The van der Waals surface area contributed by atoms with Gasteiger partial charge in [-0.25, -0.2) is 0 Å². The quantitative estimate of drug-likeness (QED) is 0.753. The van der Waals surface area contributed by atoms with Crippen LogP contribution in [0, 0.1) is 0 Å². The third-order valence-corrected chi connectivity index (χ3v) is 2.73. The van der Waals surface area contributed by atoms with E-state index in [4.69, 9.17) is 5.73 Å². The Balaban J connectivity index is 2.54.